The minimum Gasteiger partial charge on any atom is -0.371 e. The molecule has 1 aromatic carbocycles. The lowest BCUT2D eigenvalue weighted by Gasteiger charge is -2.22. The minimum atomic E-state index is 0.429. The Kier molecular flexibility index (Phi) is 3.48. The first-order chi connectivity index (χ1) is 9.03. The first-order valence-corrected chi connectivity index (χ1v) is 7.68. The maximum atomic E-state index is 6.42. The molecule has 1 saturated carbocycles. The predicted octanol–water partition coefficient (Wildman–Crippen LogP) is 3.83. The van der Waals surface area contributed by atoms with Crippen LogP contribution in [0.3, 0.4) is 0 Å². The smallest absolute Gasteiger partial charge is 0.0471 e. The Hall–Kier alpha value is -0.730. The summed E-state index contributed by atoms with van der Waals surface area (Å²) in [6, 6.07) is 7.26. The minimum absolute atomic E-state index is 0.429. The van der Waals surface area contributed by atoms with Crippen molar-refractivity contribution in [3.63, 3.8) is 0 Å². The van der Waals surface area contributed by atoms with Crippen molar-refractivity contribution in [3.8, 4) is 0 Å². The summed E-state index contributed by atoms with van der Waals surface area (Å²) in [4.78, 5) is 2.45. The zero-order chi connectivity index (χ0) is 13.5. The Morgan fingerprint density at radius 2 is 2.16 bits per heavy atom. The lowest BCUT2D eigenvalue weighted by atomic mass is 9.93. The van der Waals surface area contributed by atoms with Gasteiger partial charge in [-0.05, 0) is 42.4 Å². The van der Waals surface area contributed by atoms with Crippen LogP contribution in [0, 0.1) is 5.41 Å². The first-order valence-electron chi connectivity index (χ1n) is 7.30. The molecule has 0 amide bonds. The Balaban J connectivity index is 1.68. The normalized spacial score (nSPS) is 21.9. The molecule has 19 heavy (non-hydrogen) atoms. The van der Waals surface area contributed by atoms with Crippen LogP contribution in [0.4, 0.5) is 5.69 Å². The third-order valence-corrected chi connectivity index (χ3v) is 4.59. The van der Waals surface area contributed by atoms with E-state index in [1.807, 2.05) is 0 Å². The van der Waals surface area contributed by atoms with Gasteiger partial charge in [0.2, 0.25) is 0 Å². The summed E-state index contributed by atoms with van der Waals surface area (Å²) >= 11 is 6.42. The number of rotatable bonds is 4. The third kappa shape index (κ3) is 3.24. The van der Waals surface area contributed by atoms with Crippen molar-refractivity contribution in [2.24, 2.45) is 5.41 Å². The predicted molar refractivity (Wildman–Crippen MR) is 81.9 cm³/mol. The van der Waals surface area contributed by atoms with E-state index in [-0.39, 0.29) is 0 Å². The Labute approximate surface area is 121 Å². The summed E-state index contributed by atoms with van der Waals surface area (Å²) in [7, 11) is 0. The average Bonchev–Trinajstić information content (AvgIpc) is 3.11. The largest absolute Gasteiger partial charge is 0.371 e. The van der Waals surface area contributed by atoms with Crippen LogP contribution < -0.4 is 10.2 Å². The summed E-state index contributed by atoms with van der Waals surface area (Å²) in [5, 5.41) is 4.42. The van der Waals surface area contributed by atoms with E-state index in [4.69, 9.17) is 11.6 Å². The van der Waals surface area contributed by atoms with Crippen molar-refractivity contribution in [2.45, 2.75) is 45.7 Å². The maximum absolute atomic E-state index is 6.42. The van der Waals surface area contributed by atoms with Gasteiger partial charge in [-0.15, -0.1) is 0 Å². The van der Waals surface area contributed by atoms with E-state index in [1.165, 1.54) is 30.5 Å². The Bertz CT molecular complexity index is 466. The van der Waals surface area contributed by atoms with Gasteiger partial charge in [-0.2, -0.15) is 0 Å². The van der Waals surface area contributed by atoms with Gasteiger partial charge in [-0.3, -0.25) is 0 Å². The maximum Gasteiger partial charge on any atom is 0.0471 e. The van der Waals surface area contributed by atoms with E-state index >= 15 is 0 Å². The van der Waals surface area contributed by atoms with Crippen molar-refractivity contribution in [1.29, 1.82) is 0 Å². The number of nitrogens with one attached hydrogen (secondary N) is 1. The second-order valence-electron chi connectivity index (χ2n) is 6.77. The van der Waals surface area contributed by atoms with Gasteiger partial charge in [0.15, 0.2) is 0 Å². The second kappa shape index (κ2) is 4.99. The fourth-order valence-corrected chi connectivity index (χ4v) is 2.99. The molecule has 1 saturated heterocycles. The molecule has 2 aliphatic rings. The highest BCUT2D eigenvalue weighted by atomic mass is 35.5. The number of anilines is 1. The van der Waals surface area contributed by atoms with Crippen molar-refractivity contribution in [1.82, 2.24) is 5.32 Å². The van der Waals surface area contributed by atoms with E-state index in [1.54, 1.807) is 0 Å². The van der Waals surface area contributed by atoms with Gasteiger partial charge in [0.25, 0.3) is 0 Å². The van der Waals surface area contributed by atoms with E-state index in [0.717, 1.165) is 30.7 Å². The molecule has 1 N–H and O–H groups in total. The topological polar surface area (TPSA) is 15.3 Å². The van der Waals surface area contributed by atoms with Crippen LogP contribution >= 0.6 is 11.6 Å². The lowest BCUT2D eigenvalue weighted by molar-refractivity contribution is 0.418. The molecule has 3 heteroatoms. The van der Waals surface area contributed by atoms with Gasteiger partial charge < -0.3 is 10.2 Å². The first kappa shape index (κ1) is 13.3. The SMILES string of the molecule is CC1(C)CCN(c2ccc(CNC3CC3)c(Cl)c2)C1. The quantitative estimate of drug-likeness (QED) is 0.900. The molecule has 0 aromatic heterocycles. The molecule has 0 unspecified atom stereocenters. The molecule has 1 aliphatic heterocycles. The summed E-state index contributed by atoms with van der Waals surface area (Å²) < 4.78 is 0. The highest BCUT2D eigenvalue weighted by molar-refractivity contribution is 6.31. The van der Waals surface area contributed by atoms with E-state index in [9.17, 15) is 0 Å². The second-order valence-corrected chi connectivity index (χ2v) is 7.17. The van der Waals surface area contributed by atoms with E-state index < -0.39 is 0 Å². The third-order valence-electron chi connectivity index (χ3n) is 4.24. The van der Waals surface area contributed by atoms with Crippen molar-refractivity contribution < 1.29 is 0 Å². The molecule has 0 atom stereocenters. The number of hydrogen-bond acceptors (Lipinski definition) is 2. The summed E-state index contributed by atoms with van der Waals surface area (Å²) in [5.41, 5.74) is 2.92. The van der Waals surface area contributed by atoms with Crippen molar-refractivity contribution >= 4 is 17.3 Å². The Morgan fingerprint density at radius 1 is 1.37 bits per heavy atom. The highest BCUT2D eigenvalue weighted by Crippen LogP contribution is 2.34. The number of benzene rings is 1. The molecule has 0 radical (unpaired) electrons. The van der Waals surface area contributed by atoms with Crippen LogP contribution in [0.25, 0.3) is 0 Å². The van der Waals surface area contributed by atoms with Gasteiger partial charge in [0, 0.05) is 36.4 Å². The van der Waals surface area contributed by atoms with Gasteiger partial charge in [0.1, 0.15) is 0 Å². The molecule has 2 nitrogen and oxygen atoms in total. The molecule has 3 rings (SSSR count). The monoisotopic (exact) mass is 278 g/mol. The lowest BCUT2D eigenvalue weighted by Crippen LogP contribution is -2.22. The highest BCUT2D eigenvalue weighted by Gasteiger charge is 2.29. The molecule has 1 aliphatic carbocycles. The van der Waals surface area contributed by atoms with Crippen molar-refractivity contribution in [2.75, 3.05) is 18.0 Å². The summed E-state index contributed by atoms with van der Waals surface area (Å²) in [6.07, 6.45) is 3.90. The molecular formula is C16H23ClN2. The standard InChI is InChI=1S/C16H23ClN2/c1-16(2)7-8-19(11-16)14-6-3-12(15(17)9-14)10-18-13-4-5-13/h3,6,9,13,18H,4-5,7-8,10-11H2,1-2H3. The van der Waals surface area contributed by atoms with Gasteiger partial charge in [-0.1, -0.05) is 31.5 Å². The number of hydrogen-bond donors (Lipinski definition) is 1. The van der Waals surface area contributed by atoms with E-state index in [0.29, 0.717) is 5.41 Å². The molecule has 1 heterocycles. The van der Waals surface area contributed by atoms with Crippen LogP contribution in [0.1, 0.15) is 38.7 Å². The van der Waals surface area contributed by atoms with Crippen LogP contribution in [0.2, 0.25) is 5.02 Å². The average molecular weight is 279 g/mol. The number of halogens is 1. The van der Waals surface area contributed by atoms with Crippen LogP contribution in [0.15, 0.2) is 18.2 Å². The van der Waals surface area contributed by atoms with Gasteiger partial charge >= 0.3 is 0 Å². The van der Waals surface area contributed by atoms with Crippen LogP contribution in [0.5, 0.6) is 0 Å². The molecule has 1 aromatic rings. The molecule has 0 spiro atoms. The summed E-state index contributed by atoms with van der Waals surface area (Å²) in [6.45, 7) is 7.84. The summed E-state index contributed by atoms with van der Waals surface area (Å²) in [5.74, 6) is 0. The zero-order valence-corrected chi connectivity index (χ0v) is 12.6. The van der Waals surface area contributed by atoms with Gasteiger partial charge in [-0.25, -0.2) is 0 Å². The number of nitrogens with zero attached hydrogens (tertiary/aromatic N) is 1. The fourth-order valence-electron chi connectivity index (χ4n) is 2.75. The zero-order valence-electron chi connectivity index (χ0n) is 11.9. The fraction of sp³-hybridized carbons (Fsp3) is 0.625. The van der Waals surface area contributed by atoms with Crippen LogP contribution in [-0.4, -0.2) is 19.1 Å². The molecule has 0 bridgehead atoms. The molecular weight excluding hydrogens is 256 g/mol. The van der Waals surface area contributed by atoms with Crippen LogP contribution in [-0.2, 0) is 6.54 Å². The van der Waals surface area contributed by atoms with Crippen molar-refractivity contribution in [3.05, 3.63) is 28.8 Å². The molecule has 104 valence electrons. The Morgan fingerprint density at radius 3 is 2.74 bits per heavy atom. The molecule has 2 fully saturated rings. The van der Waals surface area contributed by atoms with Gasteiger partial charge in [0.05, 0.1) is 0 Å². The van der Waals surface area contributed by atoms with E-state index in [2.05, 4.69) is 42.3 Å².